The Hall–Kier alpha value is -3.71. The Morgan fingerprint density at radius 2 is 1.68 bits per heavy atom. The molecule has 1 heterocycles. The molecular formula is C27H30N4O3. The van der Waals surface area contributed by atoms with Gasteiger partial charge in [-0.2, -0.15) is 0 Å². The summed E-state index contributed by atoms with van der Waals surface area (Å²) in [5.41, 5.74) is 4.59. The smallest absolute Gasteiger partial charge is 0.264 e. The second-order valence-electron chi connectivity index (χ2n) is 8.66. The molecule has 7 nitrogen and oxygen atoms in total. The summed E-state index contributed by atoms with van der Waals surface area (Å²) < 4.78 is 0. The van der Waals surface area contributed by atoms with Crippen molar-refractivity contribution in [1.29, 1.82) is 0 Å². The summed E-state index contributed by atoms with van der Waals surface area (Å²) in [7, 11) is 3.42. The van der Waals surface area contributed by atoms with Crippen LogP contribution < -0.4 is 10.7 Å². The van der Waals surface area contributed by atoms with Crippen LogP contribution in [0.4, 0.5) is 0 Å². The molecule has 34 heavy (non-hydrogen) atoms. The first kappa shape index (κ1) is 23.4. The summed E-state index contributed by atoms with van der Waals surface area (Å²) in [6.07, 6.45) is 1.13. The first-order valence-corrected chi connectivity index (χ1v) is 11.5. The predicted molar refractivity (Wildman–Crippen MR) is 132 cm³/mol. The van der Waals surface area contributed by atoms with Gasteiger partial charge in [0.25, 0.3) is 5.91 Å². The zero-order valence-electron chi connectivity index (χ0n) is 19.5. The topological polar surface area (TPSA) is 81.8 Å². The van der Waals surface area contributed by atoms with E-state index in [4.69, 9.17) is 0 Å². The Bertz CT molecular complexity index is 1180. The number of nitrogens with zero attached hydrogens (tertiary/aromatic N) is 2. The van der Waals surface area contributed by atoms with E-state index in [0.717, 1.165) is 21.9 Å². The van der Waals surface area contributed by atoms with Crippen LogP contribution in [0.5, 0.6) is 0 Å². The maximum Gasteiger partial charge on any atom is 0.264 e. The number of likely N-dealkylation sites (N-methyl/N-ethyl adjacent to an activating group) is 2. The Morgan fingerprint density at radius 1 is 0.971 bits per heavy atom. The van der Waals surface area contributed by atoms with Crippen LogP contribution >= 0.6 is 0 Å². The van der Waals surface area contributed by atoms with E-state index >= 15 is 0 Å². The van der Waals surface area contributed by atoms with Gasteiger partial charge in [0, 0.05) is 19.9 Å². The number of carbonyl (C=O) groups excluding carboxylic acids is 3. The lowest BCUT2D eigenvalue weighted by molar-refractivity contribution is -0.147. The number of fused-ring (bicyclic) bond motifs is 1. The molecule has 7 heteroatoms. The van der Waals surface area contributed by atoms with Crippen molar-refractivity contribution in [2.75, 3.05) is 20.6 Å². The van der Waals surface area contributed by atoms with E-state index in [1.54, 1.807) is 14.1 Å². The van der Waals surface area contributed by atoms with Crippen molar-refractivity contribution < 1.29 is 14.4 Å². The van der Waals surface area contributed by atoms with Gasteiger partial charge in [0.2, 0.25) is 11.8 Å². The number of benzene rings is 3. The highest BCUT2D eigenvalue weighted by Crippen LogP contribution is 2.18. The van der Waals surface area contributed by atoms with Crippen LogP contribution in [0, 0.1) is 0 Å². The van der Waals surface area contributed by atoms with E-state index in [2.05, 4.69) is 35.0 Å². The lowest BCUT2D eigenvalue weighted by atomic mass is 9.99. The monoisotopic (exact) mass is 458 g/mol. The molecular weight excluding hydrogens is 428 g/mol. The van der Waals surface area contributed by atoms with Gasteiger partial charge in [-0.1, -0.05) is 72.8 Å². The van der Waals surface area contributed by atoms with Gasteiger partial charge in [0.15, 0.2) is 0 Å². The average molecular weight is 459 g/mol. The molecule has 1 fully saturated rings. The number of nitrogens with one attached hydrogen (secondary N) is 2. The quantitative estimate of drug-likeness (QED) is 0.543. The van der Waals surface area contributed by atoms with Crippen molar-refractivity contribution in [1.82, 2.24) is 20.7 Å². The normalized spacial score (nSPS) is 15.1. The third-order valence-electron chi connectivity index (χ3n) is 6.36. The minimum absolute atomic E-state index is 0.171. The van der Waals surface area contributed by atoms with Gasteiger partial charge in [-0.15, -0.1) is 0 Å². The van der Waals surface area contributed by atoms with Crippen molar-refractivity contribution in [2.45, 2.75) is 31.3 Å². The van der Waals surface area contributed by atoms with E-state index < -0.39 is 12.1 Å². The summed E-state index contributed by atoms with van der Waals surface area (Å²) in [4.78, 5) is 40.1. The maximum absolute atomic E-state index is 13.6. The average Bonchev–Trinajstić information content (AvgIpc) is 3.31. The Labute approximate surface area is 199 Å². The SMILES string of the molecule is CN[C@H](Cc1ccc2ccccc2c1)C(=O)N(C)[C@H](Cc1ccccc1)C(=O)N1CCC(=O)N1. The Morgan fingerprint density at radius 3 is 2.35 bits per heavy atom. The van der Waals surface area contributed by atoms with Crippen molar-refractivity contribution in [3.8, 4) is 0 Å². The molecule has 176 valence electrons. The standard InChI is InChI=1S/C27H30N4O3/c1-28-23(17-20-12-13-21-10-6-7-11-22(21)16-20)26(33)30(2)24(18-19-8-4-3-5-9-19)27(34)31-15-14-25(32)29-31/h3-13,16,23-24,28H,14-15,17-18H2,1-2H3,(H,29,32)/t23-,24-/m1/s1. The molecule has 1 saturated heterocycles. The van der Waals surface area contributed by atoms with Crippen molar-refractivity contribution in [3.63, 3.8) is 0 Å². The van der Waals surface area contributed by atoms with Crippen LogP contribution in [-0.4, -0.2) is 60.4 Å². The molecule has 1 aliphatic rings. The predicted octanol–water partition coefficient (Wildman–Crippen LogP) is 2.30. The fourth-order valence-corrected chi connectivity index (χ4v) is 4.36. The van der Waals surface area contributed by atoms with Gasteiger partial charge < -0.3 is 10.2 Å². The van der Waals surface area contributed by atoms with Crippen LogP contribution in [0.3, 0.4) is 0 Å². The molecule has 2 atom stereocenters. The number of hydrogen-bond donors (Lipinski definition) is 2. The highest BCUT2D eigenvalue weighted by molar-refractivity contribution is 5.92. The molecule has 2 N–H and O–H groups in total. The number of rotatable bonds is 8. The third kappa shape index (κ3) is 5.26. The van der Waals surface area contributed by atoms with Gasteiger partial charge in [-0.25, -0.2) is 0 Å². The first-order chi connectivity index (χ1) is 16.5. The minimum atomic E-state index is -0.735. The molecule has 0 spiro atoms. The van der Waals surface area contributed by atoms with Gasteiger partial charge in [0.05, 0.1) is 12.6 Å². The van der Waals surface area contributed by atoms with Gasteiger partial charge in [0.1, 0.15) is 6.04 Å². The molecule has 0 radical (unpaired) electrons. The fraction of sp³-hybridized carbons (Fsp3) is 0.296. The summed E-state index contributed by atoms with van der Waals surface area (Å²) in [6.45, 7) is 0.303. The largest absolute Gasteiger partial charge is 0.332 e. The zero-order valence-corrected chi connectivity index (χ0v) is 19.5. The van der Waals surface area contributed by atoms with E-state index in [-0.39, 0.29) is 24.1 Å². The Kier molecular flexibility index (Phi) is 7.23. The minimum Gasteiger partial charge on any atom is -0.332 e. The van der Waals surface area contributed by atoms with E-state index in [0.29, 0.717) is 19.4 Å². The van der Waals surface area contributed by atoms with Gasteiger partial charge in [-0.3, -0.25) is 24.8 Å². The lowest BCUT2D eigenvalue weighted by Gasteiger charge is -2.33. The van der Waals surface area contributed by atoms with E-state index in [1.807, 2.05) is 48.5 Å². The lowest BCUT2D eigenvalue weighted by Crippen LogP contribution is -2.56. The van der Waals surface area contributed by atoms with Crippen LogP contribution in [0.15, 0.2) is 72.8 Å². The van der Waals surface area contributed by atoms with Crippen LogP contribution in [0.1, 0.15) is 17.5 Å². The van der Waals surface area contributed by atoms with E-state index in [1.165, 1.54) is 9.91 Å². The van der Waals surface area contributed by atoms with E-state index in [9.17, 15) is 14.4 Å². The molecule has 1 aliphatic heterocycles. The maximum atomic E-state index is 13.6. The molecule has 0 unspecified atom stereocenters. The van der Waals surface area contributed by atoms with Crippen LogP contribution in [0.25, 0.3) is 10.8 Å². The fourth-order valence-electron chi connectivity index (χ4n) is 4.36. The van der Waals surface area contributed by atoms with Gasteiger partial charge in [-0.05, 0) is 35.4 Å². The Balaban J connectivity index is 1.55. The summed E-state index contributed by atoms with van der Waals surface area (Å²) in [5, 5.41) is 6.73. The van der Waals surface area contributed by atoms with Crippen molar-refractivity contribution in [3.05, 3.63) is 83.9 Å². The number of hydrazine groups is 1. The summed E-state index contributed by atoms with van der Waals surface area (Å²) in [5.74, 6) is -0.647. The number of amides is 3. The van der Waals surface area contributed by atoms with Crippen molar-refractivity contribution >= 4 is 28.5 Å². The van der Waals surface area contributed by atoms with Gasteiger partial charge >= 0.3 is 0 Å². The third-order valence-corrected chi connectivity index (χ3v) is 6.36. The highest BCUT2D eigenvalue weighted by Gasteiger charge is 2.36. The molecule has 3 aromatic carbocycles. The molecule has 0 saturated carbocycles. The summed E-state index contributed by atoms with van der Waals surface area (Å²) in [6, 6.07) is 22.7. The molecule has 3 aromatic rings. The molecule has 0 aromatic heterocycles. The first-order valence-electron chi connectivity index (χ1n) is 11.5. The highest BCUT2D eigenvalue weighted by atomic mass is 16.2. The summed E-state index contributed by atoms with van der Waals surface area (Å²) >= 11 is 0. The molecule has 4 rings (SSSR count). The second-order valence-corrected chi connectivity index (χ2v) is 8.66. The molecule has 0 bridgehead atoms. The second kappa shape index (κ2) is 10.5. The number of carbonyl (C=O) groups is 3. The molecule has 0 aliphatic carbocycles. The van der Waals surface area contributed by atoms with Crippen LogP contribution in [-0.2, 0) is 27.2 Å². The van der Waals surface area contributed by atoms with Crippen molar-refractivity contribution in [2.24, 2.45) is 0 Å². The zero-order chi connectivity index (χ0) is 24.1. The van der Waals surface area contributed by atoms with Crippen LogP contribution in [0.2, 0.25) is 0 Å². The number of hydrogen-bond acceptors (Lipinski definition) is 4. The molecule has 3 amide bonds.